The number of rotatable bonds is 9. The number of halogens is 1. The maximum absolute atomic E-state index is 13.2. The van der Waals surface area contributed by atoms with Crippen LogP contribution in [0.1, 0.15) is 25.5 Å². The Morgan fingerprint density at radius 1 is 1.24 bits per heavy atom. The number of aliphatic hydroxyl groups excluding tert-OH is 1. The Bertz CT molecular complexity index is 428. The lowest BCUT2D eigenvalue weighted by Crippen LogP contribution is -2.27. The highest BCUT2D eigenvalue weighted by Crippen LogP contribution is 2.24. The van der Waals surface area contributed by atoms with Crippen LogP contribution in [0.4, 0.5) is 4.39 Å². The number of nitrogens with two attached hydrogens (primary N) is 1. The highest BCUT2D eigenvalue weighted by molar-refractivity contribution is 5.36. The maximum Gasteiger partial charge on any atom is 0.124 e. The fourth-order valence-corrected chi connectivity index (χ4v) is 1.80. The van der Waals surface area contributed by atoms with Crippen molar-refractivity contribution in [1.29, 1.82) is 0 Å². The first-order valence-electron chi connectivity index (χ1n) is 6.90. The number of hydrogen-bond donors (Lipinski definition) is 2. The lowest BCUT2D eigenvalue weighted by Gasteiger charge is -2.18. The van der Waals surface area contributed by atoms with Crippen LogP contribution in [0.2, 0.25) is 0 Å². The zero-order chi connectivity index (χ0) is 15.8. The van der Waals surface area contributed by atoms with Crippen molar-refractivity contribution in [2.75, 3.05) is 26.9 Å². The number of aliphatic hydroxyl groups is 1. The zero-order valence-corrected chi connectivity index (χ0v) is 12.7. The van der Waals surface area contributed by atoms with Crippen LogP contribution in [0.3, 0.4) is 0 Å². The van der Waals surface area contributed by atoms with Crippen molar-refractivity contribution in [3.8, 4) is 5.75 Å². The summed E-state index contributed by atoms with van der Waals surface area (Å²) in [6.07, 6.45) is -0.884. The van der Waals surface area contributed by atoms with Gasteiger partial charge in [0.15, 0.2) is 0 Å². The van der Waals surface area contributed by atoms with Gasteiger partial charge in [0.05, 0.1) is 19.3 Å². The van der Waals surface area contributed by atoms with E-state index in [0.29, 0.717) is 17.9 Å². The lowest BCUT2D eigenvalue weighted by molar-refractivity contribution is -0.0423. The van der Waals surface area contributed by atoms with Gasteiger partial charge in [-0.2, -0.15) is 0 Å². The molecule has 1 rings (SSSR count). The molecule has 3 atom stereocenters. The second-order valence-corrected chi connectivity index (χ2v) is 5.03. The van der Waals surface area contributed by atoms with Gasteiger partial charge in [0.25, 0.3) is 0 Å². The Hall–Kier alpha value is -1.21. The summed E-state index contributed by atoms with van der Waals surface area (Å²) in [6.45, 7) is 4.24. The molecule has 0 aromatic heterocycles. The summed E-state index contributed by atoms with van der Waals surface area (Å²) in [5, 5.41) is 9.82. The van der Waals surface area contributed by atoms with Crippen molar-refractivity contribution in [2.24, 2.45) is 5.73 Å². The molecular formula is C15H24FNO4. The number of hydrogen-bond acceptors (Lipinski definition) is 5. The van der Waals surface area contributed by atoms with E-state index in [-0.39, 0.29) is 31.2 Å². The van der Waals surface area contributed by atoms with E-state index < -0.39 is 6.10 Å². The predicted molar refractivity (Wildman–Crippen MR) is 77.8 cm³/mol. The monoisotopic (exact) mass is 301 g/mol. The van der Waals surface area contributed by atoms with Gasteiger partial charge < -0.3 is 25.1 Å². The molecule has 5 nitrogen and oxygen atoms in total. The number of methoxy groups -OCH3 is 1. The quantitative estimate of drug-likeness (QED) is 0.725. The summed E-state index contributed by atoms with van der Waals surface area (Å²) in [7, 11) is 1.59. The number of ether oxygens (including phenoxy) is 3. The molecule has 0 bridgehead atoms. The van der Waals surface area contributed by atoms with Crippen molar-refractivity contribution in [3.63, 3.8) is 0 Å². The molecule has 0 aliphatic carbocycles. The SMILES string of the molecule is COCC(C)OCC(O)COc1ccc(F)cc1[C@H](C)N. The predicted octanol–water partition coefficient (Wildman–Crippen LogP) is 1.64. The van der Waals surface area contributed by atoms with Gasteiger partial charge in [-0.25, -0.2) is 4.39 Å². The molecule has 120 valence electrons. The van der Waals surface area contributed by atoms with Crippen LogP contribution in [0.15, 0.2) is 18.2 Å². The third-order valence-electron chi connectivity index (χ3n) is 2.87. The van der Waals surface area contributed by atoms with Crippen LogP contribution in [-0.4, -0.2) is 44.2 Å². The summed E-state index contributed by atoms with van der Waals surface area (Å²) in [5.74, 6) is 0.0994. The molecule has 0 heterocycles. The lowest BCUT2D eigenvalue weighted by atomic mass is 10.1. The molecule has 0 fully saturated rings. The molecule has 21 heavy (non-hydrogen) atoms. The van der Waals surface area contributed by atoms with E-state index in [4.69, 9.17) is 19.9 Å². The molecule has 0 saturated heterocycles. The average molecular weight is 301 g/mol. The van der Waals surface area contributed by atoms with Gasteiger partial charge in [-0.1, -0.05) is 0 Å². The summed E-state index contributed by atoms with van der Waals surface area (Å²) in [4.78, 5) is 0. The second kappa shape index (κ2) is 8.94. The maximum atomic E-state index is 13.2. The van der Waals surface area contributed by atoms with Gasteiger partial charge in [0, 0.05) is 18.7 Å². The summed E-state index contributed by atoms with van der Waals surface area (Å²) >= 11 is 0. The third kappa shape index (κ3) is 6.39. The largest absolute Gasteiger partial charge is 0.490 e. The first-order chi connectivity index (χ1) is 9.93. The molecule has 6 heteroatoms. The second-order valence-electron chi connectivity index (χ2n) is 5.03. The highest BCUT2D eigenvalue weighted by atomic mass is 19.1. The summed E-state index contributed by atoms with van der Waals surface area (Å²) in [5.41, 5.74) is 6.34. The van der Waals surface area contributed by atoms with Gasteiger partial charge in [0.1, 0.15) is 24.3 Å². The minimum absolute atomic E-state index is 0.0467. The standard InChI is InChI=1S/C15H24FNO4/c1-10(7-19-3)20-8-13(18)9-21-15-5-4-12(16)6-14(15)11(2)17/h4-6,10-11,13,18H,7-9,17H2,1-3H3/t10?,11-,13?/m0/s1. The molecule has 2 unspecified atom stereocenters. The van der Waals surface area contributed by atoms with Gasteiger partial charge in [0.2, 0.25) is 0 Å². The molecule has 1 aromatic carbocycles. The van der Waals surface area contributed by atoms with Crippen molar-refractivity contribution < 1.29 is 23.7 Å². The van der Waals surface area contributed by atoms with Crippen LogP contribution >= 0.6 is 0 Å². The summed E-state index contributed by atoms with van der Waals surface area (Å²) < 4.78 is 29.0. The van der Waals surface area contributed by atoms with Crippen molar-refractivity contribution in [1.82, 2.24) is 0 Å². The van der Waals surface area contributed by atoms with Gasteiger partial charge in [-0.05, 0) is 32.0 Å². The van der Waals surface area contributed by atoms with Gasteiger partial charge in [-0.3, -0.25) is 0 Å². The molecule has 0 aliphatic heterocycles. The minimum Gasteiger partial charge on any atom is -0.490 e. The Morgan fingerprint density at radius 3 is 2.57 bits per heavy atom. The van der Waals surface area contributed by atoms with Crippen LogP contribution < -0.4 is 10.5 Å². The Labute approximate surface area is 124 Å². The average Bonchev–Trinajstić information content (AvgIpc) is 2.44. The van der Waals surface area contributed by atoms with Crippen LogP contribution in [0.25, 0.3) is 0 Å². The van der Waals surface area contributed by atoms with Crippen molar-refractivity contribution >= 4 is 0 Å². The summed E-state index contributed by atoms with van der Waals surface area (Å²) in [6, 6.07) is 3.79. The van der Waals surface area contributed by atoms with Gasteiger partial charge >= 0.3 is 0 Å². The smallest absolute Gasteiger partial charge is 0.124 e. The van der Waals surface area contributed by atoms with E-state index in [0.717, 1.165) is 0 Å². The zero-order valence-electron chi connectivity index (χ0n) is 12.7. The van der Waals surface area contributed by atoms with E-state index in [1.54, 1.807) is 14.0 Å². The molecule has 0 spiro atoms. The Kier molecular flexibility index (Phi) is 7.60. The third-order valence-corrected chi connectivity index (χ3v) is 2.87. The van der Waals surface area contributed by atoms with E-state index in [1.165, 1.54) is 18.2 Å². The van der Waals surface area contributed by atoms with Crippen molar-refractivity contribution in [3.05, 3.63) is 29.6 Å². The topological polar surface area (TPSA) is 73.9 Å². The molecular weight excluding hydrogens is 277 g/mol. The van der Waals surface area contributed by atoms with Crippen LogP contribution in [0, 0.1) is 5.82 Å². The first kappa shape index (κ1) is 17.8. The van der Waals surface area contributed by atoms with E-state index >= 15 is 0 Å². The van der Waals surface area contributed by atoms with Crippen LogP contribution in [-0.2, 0) is 9.47 Å². The number of benzene rings is 1. The highest BCUT2D eigenvalue weighted by Gasteiger charge is 2.13. The minimum atomic E-state index is -0.782. The van der Waals surface area contributed by atoms with E-state index in [9.17, 15) is 9.50 Å². The molecule has 0 amide bonds. The van der Waals surface area contributed by atoms with E-state index in [2.05, 4.69) is 0 Å². The van der Waals surface area contributed by atoms with Crippen LogP contribution in [0.5, 0.6) is 5.75 Å². The molecule has 0 saturated carbocycles. The molecule has 0 aliphatic rings. The Morgan fingerprint density at radius 2 is 1.95 bits per heavy atom. The van der Waals surface area contributed by atoms with Gasteiger partial charge in [-0.15, -0.1) is 0 Å². The first-order valence-corrected chi connectivity index (χ1v) is 6.90. The fraction of sp³-hybridized carbons (Fsp3) is 0.600. The Balaban J connectivity index is 2.47. The normalized spacial score (nSPS) is 15.5. The molecule has 1 aromatic rings. The van der Waals surface area contributed by atoms with E-state index in [1.807, 2.05) is 6.92 Å². The molecule has 0 radical (unpaired) electrons. The fourth-order valence-electron chi connectivity index (χ4n) is 1.80. The van der Waals surface area contributed by atoms with Crippen molar-refractivity contribution in [2.45, 2.75) is 32.1 Å². The molecule has 3 N–H and O–H groups in total.